The number of anilines is 1. The largest absolute Gasteiger partial charge is 0.462 e. The first-order chi connectivity index (χ1) is 18.1. The monoisotopic (exact) mass is 538 g/mol. The maximum atomic E-state index is 13.4. The van der Waals surface area contributed by atoms with Crippen LogP contribution in [0.1, 0.15) is 67.6 Å². The van der Waals surface area contributed by atoms with E-state index in [4.69, 9.17) is 9.47 Å². The third-order valence-electron chi connectivity index (χ3n) is 8.15. The molecule has 1 aromatic carbocycles. The van der Waals surface area contributed by atoms with Gasteiger partial charge < -0.3 is 20.1 Å². The summed E-state index contributed by atoms with van der Waals surface area (Å²) in [6.07, 6.45) is 4.92. The maximum Gasteiger partial charge on any atom is 0.341 e. The Morgan fingerprint density at radius 1 is 1.03 bits per heavy atom. The minimum Gasteiger partial charge on any atom is -0.462 e. The molecule has 2 unspecified atom stereocenters. The summed E-state index contributed by atoms with van der Waals surface area (Å²) in [6, 6.07) is 9.49. The van der Waals surface area contributed by atoms with Crippen LogP contribution in [0.25, 0.3) is 11.1 Å². The molecular formula is C29H34N2O6S. The van der Waals surface area contributed by atoms with Gasteiger partial charge in [0.2, 0.25) is 5.91 Å². The molecule has 6 rings (SSSR count). The van der Waals surface area contributed by atoms with Crippen LogP contribution < -0.4 is 10.6 Å². The van der Waals surface area contributed by atoms with Crippen LogP contribution in [-0.4, -0.2) is 42.5 Å². The van der Waals surface area contributed by atoms with Gasteiger partial charge in [-0.05, 0) is 69.8 Å². The average molecular weight is 539 g/mol. The number of aryl methyl sites for hydroxylation is 1. The van der Waals surface area contributed by atoms with Gasteiger partial charge in [-0.2, -0.15) is 0 Å². The predicted molar refractivity (Wildman–Crippen MR) is 144 cm³/mol. The first-order valence-electron chi connectivity index (χ1n) is 13.3. The Morgan fingerprint density at radius 2 is 1.71 bits per heavy atom. The molecule has 4 saturated carbocycles. The smallest absolute Gasteiger partial charge is 0.341 e. The van der Waals surface area contributed by atoms with Crippen molar-refractivity contribution in [1.29, 1.82) is 0 Å². The molecular weight excluding hydrogens is 504 g/mol. The zero-order valence-electron chi connectivity index (χ0n) is 22.1. The van der Waals surface area contributed by atoms with Gasteiger partial charge in [-0.3, -0.25) is 14.4 Å². The highest BCUT2D eigenvalue weighted by atomic mass is 32.1. The van der Waals surface area contributed by atoms with Crippen molar-refractivity contribution in [2.45, 2.75) is 64.8 Å². The molecule has 38 heavy (non-hydrogen) atoms. The van der Waals surface area contributed by atoms with Crippen LogP contribution in [-0.2, 0) is 23.9 Å². The van der Waals surface area contributed by atoms with E-state index in [-0.39, 0.29) is 24.0 Å². The van der Waals surface area contributed by atoms with Crippen molar-refractivity contribution in [2.75, 3.05) is 18.5 Å². The molecule has 4 fully saturated rings. The number of benzene rings is 1. The van der Waals surface area contributed by atoms with Crippen LogP contribution in [0.3, 0.4) is 0 Å². The summed E-state index contributed by atoms with van der Waals surface area (Å²) in [4.78, 5) is 52.0. The number of rotatable bonds is 8. The van der Waals surface area contributed by atoms with E-state index >= 15 is 0 Å². The standard InChI is InChI=1S/C29H34N2O6S/c1-4-36-26(34)24-23(21-8-6-5-7-9-21)17(2)38-25(24)30-22(33)15-37-27(35)28-11-19-10-20(12-28)14-29(13-19,16-28)31-18(3)32/h5-9,19-20H,4,10-16H2,1-3H3,(H,30,33)(H,31,32). The van der Waals surface area contributed by atoms with Crippen molar-refractivity contribution in [3.8, 4) is 11.1 Å². The predicted octanol–water partition coefficient (Wildman–Crippen LogP) is 4.86. The lowest BCUT2D eigenvalue weighted by Gasteiger charge is -2.60. The van der Waals surface area contributed by atoms with Gasteiger partial charge in [0, 0.05) is 22.9 Å². The highest BCUT2D eigenvalue weighted by molar-refractivity contribution is 7.17. The number of hydrogen-bond acceptors (Lipinski definition) is 7. The molecule has 0 spiro atoms. The molecule has 1 heterocycles. The Bertz CT molecular complexity index is 1260. The van der Waals surface area contributed by atoms with E-state index in [9.17, 15) is 19.2 Å². The third kappa shape index (κ3) is 4.96. The van der Waals surface area contributed by atoms with Crippen molar-refractivity contribution in [3.05, 3.63) is 40.8 Å². The second-order valence-electron chi connectivity index (χ2n) is 11.2. The number of ether oxygens (including phenoxy) is 2. The summed E-state index contributed by atoms with van der Waals surface area (Å²) in [7, 11) is 0. The highest BCUT2D eigenvalue weighted by Gasteiger charge is 2.61. The van der Waals surface area contributed by atoms with Crippen LogP contribution in [0.5, 0.6) is 0 Å². The summed E-state index contributed by atoms with van der Waals surface area (Å²) in [5, 5.41) is 6.31. The molecule has 8 nitrogen and oxygen atoms in total. The van der Waals surface area contributed by atoms with Gasteiger partial charge in [-0.25, -0.2) is 4.79 Å². The fourth-order valence-electron chi connectivity index (χ4n) is 7.45. The van der Waals surface area contributed by atoms with E-state index in [1.54, 1.807) is 6.92 Å². The molecule has 202 valence electrons. The van der Waals surface area contributed by atoms with Crippen LogP contribution in [0, 0.1) is 24.2 Å². The Kier molecular flexibility index (Phi) is 7.07. The van der Waals surface area contributed by atoms with Crippen LogP contribution in [0.15, 0.2) is 30.3 Å². The molecule has 2 N–H and O–H groups in total. The van der Waals surface area contributed by atoms with E-state index < -0.39 is 23.9 Å². The Balaban J connectivity index is 1.30. The Labute approximate surface area is 226 Å². The number of amides is 2. The maximum absolute atomic E-state index is 13.4. The minimum absolute atomic E-state index is 0.0756. The average Bonchev–Trinajstić information content (AvgIpc) is 3.16. The molecule has 9 heteroatoms. The van der Waals surface area contributed by atoms with Crippen LogP contribution in [0.2, 0.25) is 0 Å². The number of carbonyl (C=O) groups is 4. The lowest BCUT2D eigenvalue weighted by atomic mass is 9.47. The van der Waals surface area contributed by atoms with E-state index in [2.05, 4.69) is 10.6 Å². The van der Waals surface area contributed by atoms with Crippen LogP contribution in [0.4, 0.5) is 5.00 Å². The summed E-state index contributed by atoms with van der Waals surface area (Å²) in [6.45, 7) is 4.91. The van der Waals surface area contributed by atoms with Gasteiger partial charge in [0.05, 0.1) is 12.0 Å². The van der Waals surface area contributed by atoms with Gasteiger partial charge >= 0.3 is 11.9 Å². The molecule has 2 aromatic rings. The number of carbonyl (C=O) groups excluding carboxylic acids is 4. The van der Waals surface area contributed by atoms with Crippen molar-refractivity contribution < 1.29 is 28.7 Å². The number of nitrogens with one attached hydrogen (secondary N) is 2. The normalized spacial score (nSPS) is 27.0. The van der Waals surface area contributed by atoms with Crippen molar-refractivity contribution in [3.63, 3.8) is 0 Å². The number of esters is 2. The van der Waals surface area contributed by atoms with E-state index in [0.717, 1.165) is 48.1 Å². The molecule has 0 radical (unpaired) electrons. The van der Waals surface area contributed by atoms with Gasteiger partial charge in [0.25, 0.3) is 5.91 Å². The van der Waals surface area contributed by atoms with Gasteiger partial charge in [0.1, 0.15) is 10.6 Å². The molecule has 0 saturated heterocycles. The van der Waals surface area contributed by atoms with Crippen molar-refractivity contribution in [2.24, 2.45) is 17.3 Å². The van der Waals surface area contributed by atoms with E-state index in [1.807, 2.05) is 37.3 Å². The molecule has 2 amide bonds. The quantitative estimate of drug-likeness (QED) is 0.465. The molecule has 4 bridgehead atoms. The fraction of sp³-hybridized carbons (Fsp3) is 0.517. The zero-order valence-corrected chi connectivity index (χ0v) is 22.9. The topological polar surface area (TPSA) is 111 Å². The third-order valence-corrected chi connectivity index (χ3v) is 9.17. The Morgan fingerprint density at radius 3 is 2.34 bits per heavy atom. The van der Waals surface area contributed by atoms with Crippen LogP contribution >= 0.6 is 11.3 Å². The zero-order chi connectivity index (χ0) is 27.1. The second kappa shape index (κ2) is 10.2. The molecule has 4 aliphatic rings. The van der Waals surface area contributed by atoms with Crippen molar-refractivity contribution >= 4 is 40.1 Å². The van der Waals surface area contributed by atoms with E-state index in [1.165, 1.54) is 18.3 Å². The fourth-order valence-corrected chi connectivity index (χ4v) is 8.53. The molecule has 1 aromatic heterocycles. The number of thiophene rings is 1. The summed E-state index contributed by atoms with van der Waals surface area (Å²) in [5.41, 5.74) is 0.861. The first kappa shape index (κ1) is 26.4. The molecule has 2 atom stereocenters. The van der Waals surface area contributed by atoms with Gasteiger partial charge in [0.15, 0.2) is 6.61 Å². The highest BCUT2D eigenvalue weighted by Crippen LogP contribution is 2.62. The second-order valence-corrected chi connectivity index (χ2v) is 12.4. The first-order valence-corrected chi connectivity index (χ1v) is 14.1. The lowest BCUT2D eigenvalue weighted by molar-refractivity contribution is -0.176. The molecule has 0 aliphatic heterocycles. The lowest BCUT2D eigenvalue weighted by Crippen LogP contribution is -2.64. The van der Waals surface area contributed by atoms with Gasteiger partial charge in [-0.1, -0.05) is 30.3 Å². The summed E-state index contributed by atoms with van der Waals surface area (Å²) < 4.78 is 10.9. The van der Waals surface area contributed by atoms with Gasteiger partial charge in [-0.15, -0.1) is 11.3 Å². The SMILES string of the molecule is CCOC(=O)c1c(NC(=O)COC(=O)C23CC4CC(CC(NC(C)=O)(C4)C2)C3)sc(C)c1-c1ccccc1. The summed E-state index contributed by atoms with van der Waals surface area (Å²) in [5.74, 6) is -0.710. The Hall–Kier alpha value is -3.20. The summed E-state index contributed by atoms with van der Waals surface area (Å²) >= 11 is 1.29. The number of hydrogen-bond donors (Lipinski definition) is 2. The molecule has 4 aliphatic carbocycles. The minimum atomic E-state index is -0.664. The van der Waals surface area contributed by atoms with E-state index in [0.29, 0.717) is 28.8 Å². The van der Waals surface area contributed by atoms with Crippen molar-refractivity contribution in [1.82, 2.24) is 5.32 Å².